The average Bonchev–Trinajstić information content (AvgIpc) is 2.55. The molecule has 0 aromatic carbocycles. The van der Waals surface area contributed by atoms with E-state index in [-0.39, 0.29) is 5.56 Å². The SMILES string of the molecule is O=c1cccnn1CCN1CCN(c2cnccn2)CC1. The van der Waals surface area contributed by atoms with Gasteiger partial charge in [0.2, 0.25) is 0 Å². The van der Waals surface area contributed by atoms with E-state index >= 15 is 0 Å². The average molecular weight is 286 g/mol. The molecule has 0 saturated carbocycles. The summed E-state index contributed by atoms with van der Waals surface area (Å²) in [5.41, 5.74) is -0.0457. The maximum atomic E-state index is 11.6. The summed E-state index contributed by atoms with van der Waals surface area (Å²) in [6.07, 6.45) is 6.84. The van der Waals surface area contributed by atoms with E-state index in [0.29, 0.717) is 6.54 Å². The van der Waals surface area contributed by atoms with Gasteiger partial charge in [0.05, 0.1) is 12.7 Å². The Morgan fingerprint density at radius 2 is 1.90 bits per heavy atom. The van der Waals surface area contributed by atoms with Crippen LogP contribution in [-0.4, -0.2) is 57.4 Å². The number of aromatic nitrogens is 4. The van der Waals surface area contributed by atoms with Gasteiger partial charge in [0.1, 0.15) is 5.82 Å². The third-order valence-electron chi connectivity index (χ3n) is 3.66. The molecule has 7 nitrogen and oxygen atoms in total. The van der Waals surface area contributed by atoms with Crippen LogP contribution in [0.5, 0.6) is 0 Å². The van der Waals surface area contributed by atoms with Crippen molar-refractivity contribution in [1.82, 2.24) is 24.6 Å². The second-order valence-electron chi connectivity index (χ2n) is 4.98. The highest BCUT2D eigenvalue weighted by Crippen LogP contribution is 2.11. The number of hydrogen-bond acceptors (Lipinski definition) is 6. The minimum Gasteiger partial charge on any atom is -0.353 e. The molecule has 1 aliphatic rings. The van der Waals surface area contributed by atoms with Gasteiger partial charge in [-0.05, 0) is 6.07 Å². The highest BCUT2D eigenvalue weighted by Gasteiger charge is 2.17. The molecule has 0 radical (unpaired) electrons. The summed E-state index contributed by atoms with van der Waals surface area (Å²) in [6.45, 7) is 5.23. The molecule has 0 spiro atoms. The lowest BCUT2D eigenvalue weighted by atomic mass is 10.3. The van der Waals surface area contributed by atoms with E-state index in [2.05, 4.69) is 24.9 Å². The fourth-order valence-electron chi connectivity index (χ4n) is 2.45. The van der Waals surface area contributed by atoms with Gasteiger partial charge in [-0.3, -0.25) is 14.7 Å². The third kappa shape index (κ3) is 3.43. The van der Waals surface area contributed by atoms with Gasteiger partial charge >= 0.3 is 0 Å². The van der Waals surface area contributed by atoms with Gasteiger partial charge in [-0.1, -0.05) is 0 Å². The molecule has 3 heterocycles. The van der Waals surface area contributed by atoms with E-state index in [4.69, 9.17) is 0 Å². The second kappa shape index (κ2) is 6.45. The van der Waals surface area contributed by atoms with Gasteiger partial charge in [0.25, 0.3) is 5.56 Å². The zero-order valence-electron chi connectivity index (χ0n) is 11.8. The topological polar surface area (TPSA) is 67.2 Å². The first kappa shape index (κ1) is 13.7. The highest BCUT2D eigenvalue weighted by molar-refractivity contribution is 5.35. The summed E-state index contributed by atoms with van der Waals surface area (Å²) in [5.74, 6) is 0.929. The Morgan fingerprint density at radius 3 is 2.62 bits per heavy atom. The Kier molecular flexibility index (Phi) is 4.20. The first-order valence-corrected chi connectivity index (χ1v) is 7.08. The molecule has 0 aliphatic carbocycles. The summed E-state index contributed by atoms with van der Waals surface area (Å²) in [5, 5.41) is 4.07. The summed E-state index contributed by atoms with van der Waals surface area (Å²) in [4.78, 5) is 24.6. The number of hydrogen-bond donors (Lipinski definition) is 0. The van der Waals surface area contributed by atoms with Crippen LogP contribution in [0.4, 0.5) is 5.82 Å². The predicted molar refractivity (Wildman–Crippen MR) is 79.2 cm³/mol. The van der Waals surface area contributed by atoms with Crippen molar-refractivity contribution in [1.29, 1.82) is 0 Å². The van der Waals surface area contributed by atoms with Crippen LogP contribution < -0.4 is 10.5 Å². The first-order chi connectivity index (χ1) is 10.3. The van der Waals surface area contributed by atoms with E-state index in [0.717, 1.165) is 38.5 Å². The van der Waals surface area contributed by atoms with Crippen molar-refractivity contribution in [2.45, 2.75) is 6.54 Å². The predicted octanol–water partition coefficient (Wildman–Crippen LogP) is -0.144. The quantitative estimate of drug-likeness (QED) is 0.779. The number of nitrogens with zero attached hydrogens (tertiary/aromatic N) is 6. The smallest absolute Gasteiger partial charge is 0.266 e. The molecule has 1 fully saturated rings. The van der Waals surface area contributed by atoms with E-state index in [1.54, 1.807) is 36.9 Å². The number of anilines is 1. The van der Waals surface area contributed by atoms with Crippen LogP contribution in [0.25, 0.3) is 0 Å². The van der Waals surface area contributed by atoms with Crippen LogP contribution in [0.2, 0.25) is 0 Å². The van der Waals surface area contributed by atoms with Crippen LogP contribution >= 0.6 is 0 Å². The molecule has 0 N–H and O–H groups in total. The zero-order chi connectivity index (χ0) is 14.5. The van der Waals surface area contributed by atoms with Crippen molar-refractivity contribution in [3.05, 3.63) is 47.3 Å². The summed E-state index contributed by atoms with van der Waals surface area (Å²) < 4.78 is 1.51. The second-order valence-corrected chi connectivity index (χ2v) is 4.98. The van der Waals surface area contributed by atoms with Gasteiger partial charge in [0.15, 0.2) is 0 Å². The van der Waals surface area contributed by atoms with E-state index in [1.165, 1.54) is 4.68 Å². The monoisotopic (exact) mass is 286 g/mol. The maximum absolute atomic E-state index is 11.6. The van der Waals surface area contributed by atoms with E-state index in [9.17, 15) is 4.79 Å². The Balaban J connectivity index is 1.50. The standard InChI is InChI=1S/C14H18N6O/c21-14-2-1-3-17-20(14)11-8-18-6-9-19(10-7-18)13-12-15-4-5-16-13/h1-5,12H,6-11H2. The van der Waals surface area contributed by atoms with E-state index in [1.807, 2.05) is 0 Å². The molecule has 1 saturated heterocycles. The lowest BCUT2D eigenvalue weighted by Gasteiger charge is -2.35. The van der Waals surface area contributed by atoms with Crippen molar-refractivity contribution >= 4 is 5.82 Å². The lowest BCUT2D eigenvalue weighted by Crippen LogP contribution is -2.48. The Hall–Kier alpha value is -2.28. The highest BCUT2D eigenvalue weighted by atomic mass is 16.1. The van der Waals surface area contributed by atoms with Crippen LogP contribution in [0, 0.1) is 0 Å². The molecule has 7 heteroatoms. The summed E-state index contributed by atoms with van der Waals surface area (Å²) in [7, 11) is 0. The van der Waals surface area contributed by atoms with Gasteiger partial charge in [0, 0.05) is 57.4 Å². The largest absolute Gasteiger partial charge is 0.353 e. The molecule has 110 valence electrons. The fourth-order valence-corrected chi connectivity index (χ4v) is 2.45. The van der Waals surface area contributed by atoms with Gasteiger partial charge in [-0.15, -0.1) is 0 Å². The molecular weight excluding hydrogens is 268 g/mol. The lowest BCUT2D eigenvalue weighted by molar-refractivity contribution is 0.242. The first-order valence-electron chi connectivity index (χ1n) is 7.08. The molecule has 3 rings (SSSR count). The van der Waals surface area contributed by atoms with Crippen molar-refractivity contribution in [3.63, 3.8) is 0 Å². The van der Waals surface area contributed by atoms with E-state index < -0.39 is 0 Å². The Bertz CT molecular complexity index is 621. The molecule has 2 aromatic heterocycles. The summed E-state index contributed by atoms with van der Waals surface area (Å²) in [6, 6.07) is 3.21. The fraction of sp³-hybridized carbons (Fsp3) is 0.429. The minimum atomic E-state index is -0.0457. The third-order valence-corrected chi connectivity index (χ3v) is 3.66. The minimum absolute atomic E-state index is 0.0457. The molecule has 1 aliphatic heterocycles. The van der Waals surface area contributed by atoms with Crippen molar-refractivity contribution in [2.75, 3.05) is 37.6 Å². The summed E-state index contributed by atoms with van der Waals surface area (Å²) >= 11 is 0. The van der Waals surface area contributed by atoms with Crippen LogP contribution in [0.1, 0.15) is 0 Å². The Morgan fingerprint density at radius 1 is 1.05 bits per heavy atom. The molecule has 0 amide bonds. The normalized spacial score (nSPS) is 16.1. The molecule has 0 unspecified atom stereocenters. The molecular formula is C14H18N6O. The maximum Gasteiger partial charge on any atom is 0.266 e. The number of piperazine rings is 1. The van der Waals surface area contributed by atoms with Gasteiger partial charge < -0.3 is 4.90 Å². The van der Waals surface area contributed by atoms with Crippen molar-refractivity contribution in [2.24, 2.45) is 0 Å². The molecule has 2 aromatic rings. The zero-order valence-corrected chi connectivity index (χ0v) is 11.8. The molecule has 21 heavy (non-hydrogen) atoms. The Labute approximate surface area is 122 Å². The molecule has 0 bridgehead atoms. The van der Waals surface area contributed by atoms with Crippen molar-refractivity contribution < 1.29 is 0 Å². The van der Waals surface area contributed by atoms with Crippen LogP contribution in [0.3, 0.4) is 0 Å². The van der Waals surface area contributed by atoms with Crippen LogP contribution in [-0.2, 0) is 6.54 Å². The molecule has 0 atom stereocenters. The van der Waals surface area contributed by atoms with Gasteiger partial charge in [-0.2, -0.15) is 5.10 Å². The number of rotatable bonds is 4. The van der Waals surface area contributed by atoms with Gasteiger partial charge in [-0.25, -0.2) is 9.67 Å². The van der Waals surface area contributed by atoms with Crippen molar-refractivity contribution in [3.8, 4) is 0 Å². The van der Waals surface area contributed by atoms with Crippen LogP contribution in [0.15, 0.2) is 41.7 Å².